The minimum absolute atomic E-state index is 0.0115. The van der Waals surface area contributed by atoms with Crippen molar-refractivity contribution >= 4 is 11.9 Å². The van der Waals surface area contributed by atoms with Crippen molar-refractivity contribution in [1.82, 2.24) is 0 Å². The lowest BCUT2D eigenvalue weighted by atomic mass is 9.92. The summed E-state index contributed by atoms with van der Waals surface area (Å²) in [5, 5.41) is 0. The molecule has 0 aliphatic carbocycles. The Bertz CT molecular complexity index is 1000. The number of alkyl halides is 6. The van der Waals surface area contributed by atoms with Crippen LogP contribution in [0.15, 0.2) is 42.5 Å². The van der Waals surface area contributed by atoms with Crippen LogP contribution in [0.5, 0.6) is 11.5 Å². The van der Waals surface area contributed by atoms with E-state index < -0.39 is 46.7 Å². The van der Waals surface area contributed by atoms with Crippen molar-refractivity contribution in [2.45, 2.75) is 51.0 Å². The van der Waals surface area contributed by atoms with Crippen LogP contribution in [0.4, 0.5) is 26.3 Å². The van der Waals surface area contributed by atoms with Crippen LogP contribution in [0, 0.1) is 0 Å². The second kappa shape index (κ2) is 11.6. The van der Waals surface area contributed by atoms with Gasteiger partial charge in [-0.3, -0.25) is 0 Å². The minimum Gasteiger partial charge on any atom is -0.464 e. The number of hydrogen-bond acceptors (Lipinski definition) is 6. The summed E-state index contributed by atoms with van der Waals surface area (Å²) >= 11 is 0. The molecule has 0 radical (unpaired) electrons. The van der Waals surface area contributed by atoms with E-state index in [1.807, 2.05) is 0 Å². The van der Waals surface area contributed by atoms with Crippen LogP contribution >= 0.6 is 0 Å². The fourth-order valence-corrected chi connectivity index (χ4v) is 3.22. The molecule has 0 heterocycles. The minimum atomic E-state index is -4.99. The van der Waals surface area contributed by atoms with Gasteiger partial charge in [0.2, 0.25) is 5.54 Å². The average molecular weight is 521 g/mol. The number of carbonyl (C=O) groups is 2. The van der Waals surface area contributed by atoms with Crippen LogP contribution in [0.25, 0.3) is 0 Å². The summed E-state index contributed by atoms with van der Waals surface area (Å²) < 4.78 is 93.2. The zero-order valence-electron chi connectivity index (χ0n) is 19.5. The van der Waals surface area contributed by atoms with Crippen LogP contribution in [0.3, 0.4) is 0 Å². The predicted molar refractivity (Wildman–Crippen MR) is 116 cm³/mol. The molecule has 0 amide bonds. The Morgan fingerprint density at radius 3 is 1.67 bits per heavy atom. The maximum absolute atomic E-state index is 13.0. The summed E-state index contributed by atoms with van der Waals surface area (Å²) in [6, 6.07) is 6.80. The average Bonchev–Trinajstić information content (AvgIpc) is 2.79. The second-order valence-corrected chi connectivity index (χ2v) is 7.75. The third-order valence-electron chi connectivity index (χ3n) is 5.04. The molecular formula is C24H25F6NO5. The van der Waals surface area contributed by atoms with Gasteiger partial charge < -0.3 is 19.9 Å². The molecule has 0 atom stereocenters. The highest BCUT2D eigenvalue weighted by molar-refractivity contribution is 6.04. The molecule has 6 nitrogen and oxygen atoms in total. The van der Waals surface area contributed by atoms with E-state index >= 15 is 0 Å². The van der Waals surface area contributed by atoms with E-state index in [4.69, 9.17) is 19.9 Å². The summed E-state index contributed by atoms with van der Waals surface area (Å²) in [5.74, 6) is -2.43. The van der Waals surface area contributed by atoms with Crippen LogP contribution in [-0.4, -0.2) is 30.7 Å². The van der Waals surface area contributed by atoms with Gasteiger partial charge in [0, 0.05) is 0 Å². The van der Waals surface area contributed by atoms with Crippen LogP contribution in [0.2, 0.25) is 0 Å². The number of halogens is 6. The van der Waals surface area contributed by atoms with Crippen molar-refractivity contribution in [1.29, 1.82) is 0 Å². The van der Waals surface area contributed by atoms with Gasteiger partial charge in [0.15, 0.2) is 0 Å². The lowest BCUT2D eigenvalue weighted by Crippen LogP contribution is -2.56. The molecule has 0 fully saturated rings. The molecule has 0 spiro atoms. The largest absolute Gasteiger partial charge is 0.464 e. The SMILES string of the molecule is CCOC(=O)C(N)(CCCc1ccc(Oc2cc(C(F)(F)F)cc(C(F)(F)F)c2)cc1)C(=O)OCC. The summed E-state index contributed by atoms with van der Waals surface area (Å²) in [6.45, 7) is 3.18. The Morgan fingerprint density at radius 2 is 1.25 bits per heavy atom. The lowest BCUT2D eigenvalue weighted by Gasteiger charge is -2.24. The van der Waals surface area contributed by atoms with Crippen molar-refractivity contribution in [3.8, 4) is 11.5 Å². The van der Waals surface area contributed by atoms with Gasteiger partial charge >= 0.3 is 24.3 Å². The zero-order valence-corrected chi connectivity index (χ0v) is 19.5. The first-order valence-corrected chi connectivity index (χ1v) is 10.9. The van der Waals surface area contributed by atoms with E-state index in [1.165, 1.54) is 12.1 Å². The highest BCUT2D eigenvalue weighted by Gasteiger charge is 2.44. The highest BCUT2D eigenvalue weighted by Crippen LogP contribution is 2.39. The number of ether oxygens (including phenoxy) is 3. The lowest BCUT2D eigenvalue weighted by molar-refractivity contribution is -0.164. The molecule has 198 valence electrons. The molecule has 2 N–H and O–H groups in total. The number of rotatable bonds is 10. The molecule has 0 aliphatic rings. The monoisotopic (exact) mass is 521 g/mol. The maximum Gasteiger partial charge on any atom is 0.416 e. The zero-order chi connectivity index (χ0) is 27.1. The maximum atomic E-state index is 13.0. The Kier molecular flexibility index (Phi) is 9.36. The van der Waals surface area contributed by atoms with Gasteiger partial charge in [0.05, 0.1) is 24.3 Å². The fourth-order valence-electron chi connectivity index (χ4n) is 3.22. The molecule has 0 aromatic heterocycles. The number of esters is 2. The van der Waals surface area contributed by atoms with Crippen molar-refractivity contribution in [3.05, 3.63) is 59.2 Å². The normalized spacial score (nSPS) is 12.2. The summed E-state index contributed by atoms with van der Waals surface area (Å²) in [7, 11) is 0. The number of aryl methyl sites for hydroxylation is 1. The van der Waals surface area contributed by atoms with E-state index in [1.54, 1.807) is 26.0 Å². The quantitative estimate of drug-likeness (QED) is 0.247. The molecule has 2 rings (SSSR count). The Labute approximate surface area is 203 Å². The molecular weight excluding hydrogens is 496 g/mol. The van der Waals surface area contributed by atoms with Crippen molar-refractivity contribution in [2.24, 2.45) is 5.73 Å². The van der Waals surface area contributed by atoms with Gasteiger partial charge in [-0.05, 0) is 69.0 Å². The number of nitrogens with two attached hydrogens (primary N) is 1. The van der Waals surface area contributed by atoms with Crippen molar-refractivity contribution in [2.75, 3.05) is 13.2 Å². The third-order valence-corrected chi connectivity index (χ3v) is 5.04. The van der Waals surface area contributed by atoms with Crippen LogP contribution in [-0.2, 0) is 37.8 Å². The van der Waals surface area contributed by atoms with E-state index in [9.17, 15) is 35.9 Å². The molecule has 2 aromatic rings. The van der Waals surface area contributed by atoms with Crippen LogP contribution < -0.4 is 10.5 Å². The van der Waals surface area contributed by atoms with E-state index in [0.717, 1.165) is 0 Å². The molecule has 2 aromatic carbocycles. The molecule has 0 unspecified atom stereocenters. The molecule has 0 aliphatic heterocycles. The molecule has 0 saturated carbocycles. The van der Waals surface area contributed by atoms with Gasteiger partial charge in [0.1, 0.15) is 11.5 Å². The topological polar surface area (TPSA) is 87.9 Å². The Balaban J connectivity index is 2.11. The van der Waals surface area contributed by atoms with Gasteiger partial charge in [-0.1, -0.05) is 12.1 Å². The van der Waals surface area contributed by atoms with E-state index in [-0.39, 0.29) is 37.9 Å². The van der Waals surface area contributed by atoms with Gasteiger partial charge in [-0.25, -0.2) is 9.59 Å². The Morgan fingerprint density at radius 1 is 0.778 bits per heavy atom. The Hall–Kier alpha value is -3.28. The summed E-state index contributed by atoms with van der Waals surface area (Å²) in [6.07, 6.45) is -9.44. The molecule has 12 heteroatoms. The van der Waals surface area contributed by atoms with Gasteiger partial charge in [0.25, 0.3) is 0 Å². The molecule has 0 bridgehead atoms. The summed E-state index contributed by atoms with van der Waals surface area (Å²) in [4.78, 5) is 24.4. The highest BCUT2D eigenvalue weighted by atomic mass is 19.4. The predicted octanol–water partition coefficient (Wildman–Crippen LogP) is 5.66. The van der Waals surface area contributed by atoms with Gasteiger partial charge in [-0.2, -0.15) is 26.3 Å². The van der Waals surface area contributed by atoms with E-state index in [0.29, 0.717) is 24.1 Å². The standard InChI is InChI=1S/C24H25F6NO5/c1-3-34-20(32)22(31,21(33)35-4-2)11-5-6-15-7-9-18(10-8-15)36-19-13-16(23(25,26)27)12-17(14-19)24(28,29)30/h7-10,12-14H,3-6,11,31H2,1-2H3. The number of carbonyl (C=O) groups excluding carboxylic acids is 2. The van der Waals surface area contributed by atoms with E-state index in [2.05, 4.69) is 0 Å². The molecule has 36 heavy (non-hydrogen) atoms. The smallest absolute Gasteiger partial charge is 0.416 e. The number of benzene rings is 2. The third kappa shape index (κ3) is 7.61. The van der Waals surface area contributed by atoms with Crippen molar-refractivity contribution in [3.63, 3.8) is 0 Å². The first-order valence-electron chi connectivity index (χ1n) is 10.9. The van der Waals surface area contributed by atoms with Crippen molar-refractivity contribution < 1.29 is 50.1 Å². The van der Waals surface area contributed by atoms with Gasteiger partial charge in [-0.15, -0.1) is 0 Å². The second-order valence-electron chi connectivity index (χ2n) is 7.75. The first-order chi connectivity index (χ1) is 16.7. The number of hydrogen-bond donors (Lipinski definition) is 1. The van der Waals surface area contributed by atoms with Crippen LogP contribution in [0.1, 0.15) is 43.4 Å². The summed E-state index contributed by atoms with van der Waals surface area (Å²) in [5.41, 5.74) is 1.73. The molecule has 0 saturated heterocycles. The fraction of sp³-hybridized carbons (Fsp3) is 0.417. The first kappa shape index (κ1) is 29.0.